The highest BCUT2D eigenvalue weighted by molar-refractivity contribution is 5.99. The number of benzene rings is 1. The van der Waals surface area contributed by atoms with Gasteiger partial charge in [0, 0.05) is 18.2 Å². The summed E-state index contributed by atoms with van der Waals surface area (Å²) >= 11 is 0. The highest BCUT2D eigenvalue weighted by Gasteiger charge is 2.52. The van der Waals surface area contributed by atoms with Crippen LogP contribution in [0.1, 0.15) is 42.6 Å². The van der Waals surface area contributed by atoms with Crippen molar-refractivity contribution < 1.29 is 14.7 Å². The van der Waals surface area contributed by atoms with Crippen molar-refractivity contribution in [3.63, 3.8) is 0 Å². The van der Waals surface area contributed by atoms with E-state index in [2.05, 4.69) is 13.8 Å². The molecule has 1 N–H and O–H groups in total. The van der Waals surface area contributed by atoms with Gasteiger partial charge in [-0.1, -0.05) is 13.8 Å². The lowest BCUT2D eigenvalue weighted by Gasteiger charge is -2.30. The molecule has 1 aromatic carbocycles. The molecule has 2 aliphatic rings. The SMILES string of the molecule is CC1(C)CC1C(=O)N1CCCc2cc(C(=O)O)ccc21. The molecule has 1 aromatic rings. The third kappa shape index (κ3) is 2.09. The molecule has 1 fully saturated rings. The molecule has 0 bridgehead atoms. The summed E-state index contributed by atoms with van der Waals surface area (Å²) in [5, 5.41) is 9.05. The number of fused-ring (bicyclic) bond motifs is 1. The monoisotopic (exact) mass is 273 g/mol. The molecular weight excluding hydrogens is 254 g/mol. The topological polar surface area (TPSA) is 57.6 Å². The van der Waals surface area contributed by atoms with Gasteiger partial charge in [0.25, 0.3) is 0 Å². The molecule has 1 atom stereocenters. The van der Waals surface area contributed by atoms with Gasteiger partial charge in [-0.25, -0.2) is 4.79 Å². The second kappa shape index (κ2) is 4.33. The lowest BCUT2D eigenvalue weighted by molar-refractivity contribution is -0.120. The molecule has 1 amide bonds. The zero-order chi connectivity index (χ0) is 14.5. The van der Waals surface area contributed by atoms with E-state index in [4.69, 9.17) is 5.11 Å². The molecular formula is C16H19NO3. The number of hydrogen-bond acceptors (Lipinski definition) is 2. The van der Waals surface area contributed by atoms with Gasteiger partial charge < -0.3 is 10.0 Å². The first kappa shape index (κ1) is 13.2. The number of carboxylic acids is 1. The van der Waals surface area contributed by atoms with Crippen molar-refractivity contribution >= 4 is 17.6 Å². The zero-order valence-electron chi connectivity index (χ0n) is 11.8. The predicted molar refractivity (Wildman–Crippen MR) is 76.0 cm³/mol. The van der Waals surface area contributed by atoms with Crippen LogP contribution in [0.3, 0.4) is 0 Å². The van der Waals surface area contributed by atoms with Crippen molar-refractivity contribution in [2.45, 2.75) is 33.1 Å². The van der Waals surface area contributed by atoms with E-state index in [1.165, 1.54) is 0 Å². The van der Waals surface area contributed by atoms with Crippen LogP contribution in [0, 0.1) is 11.3 Å². The average molecular weight is 273 g/mol. The van der Waals surface area contributed by atoms with Gasteiger partial charge in [-0.05, 0) is 48.4 Å². The molecule has 0 spiro atoms. The predicted octanol–water partition coefficient (Wildman–Crippen LogP) is 2.71. The summed E-state index contributed by atoms with van der Waals surface area (Å²) in [6, 6.07) is 5.07. The second-order valence-electron chi connectivity index (χ2n) is 6.49. The molecule has 1 aliphatic heterocycles. The van der Waals surface area contributed by atoms with Crippen molar-refractivity contribution in [3.8, 4) is 0 Å². The number of carbonyl (C=O) groups is 2. The molecule has 4 heteroatoms. The molecule has 106 valence electrons. The van der Waals surface area contributed by atoms with Crippen molar-refractivity contribution in [1.29, 1.82) is 0 Å². The Morgan fingerprint density at radius 2 is 2.05 bits per heavy atom. The molecule has 1 unspecified atom stereocenters. The number of carbonyl (C=O) groups excluding carboxylic acids is 1. The number of anilines is 1. The van der Waals surface area contributed by atoms with Crippen LogP contribution >= 0.6 is 0 Å². The first-order chi connectivity index (χ1) is 9.40. The summed E-state index contributed by atoms with van der Waals surface area (Å²) in [5.74, 6) is -0.605. The van der Waals surface area contributed by atoms with Gasteiger partial charge in [-0.15, -0.1) is 0 Å². The van der Waals surface area contributed by atoms with Gasteiger partial charge in [0.15, 0.2) is 0 Å². The van der Waals surface area contributed by atoms with Crippen LogP contribution in [0.25, 0.3) is 0 Å². The van der Waals surface area contributed by atoms with Gasteiger partial charge in [-0.2, -0.15) is 0 Å². The molecule has 3 rings (SSSR count). The van der Waals surface area contributed by atoms with E-state index in [9.17, 15) is 9.59 Å². The fourth-order valence-corrected chi connectivity index (χ4v) is 3.04. The van der Waals surface area contributed by atoms with E-state index in [0.29, 0.717) is 5.56 Å². The third-order valence-corrected chi connectivity index (χ3v) is 4.52. The van der Waals surface area contributed by atoms with Crippen LogP contribution in [0.2, 0.25) is 0 Å². The summed E-state index contributed by atoms with van der Waals surface area (Å²) in [6.07, 6.45) is 2.69. The largest absolute Gasteiger partial charge is 0.478 e. The Morgan fingerprint density at radius 3 is 2.65 bits per heavy atom. The average Bonchev–Trinajstić information content (AvgIpc) is 3.05. The fourth-order valence-electron chi connectivity index (χ4n) is 3.04. The molecule has 1 saturated carbocycles. The Kier molecular flexibility index (Phi) is 2.85. The smallest absolute Gasteiger partial charge is 0.335 e. The van der Waals surface area contributed by atoms with Crippen LogP contribution in [-0.2, 0) is 11.2 Å². The van der Waals surface area contributed by atoms with Crippen molar-refractivity contribution in [2.24, 2.45) is 11.3 Å². The van der Waals surface area contributed by atoms with Crippen LogP contribution in [0.15, 0.2) is 18.2 Å². The standard InChI is InChI=1S/C16H19NO3/c1-16(2)9-12(16)14(18)17-7-3-4-10-8-11(15(19)20)5-6-13(10)17/h5-6,8,12H,3-4,7,9H2,1-2H3,(H,19,20). The minimum absolute atomic E-state index is 0.118. The molecule has 0 aromatic heterocycles. The number of aryl methyl sites for hydroxylation is 1. The van der Waals surface area contributed by atoms with Gasteiger partial charge in [-0.3, -0.25) is 4.79 Å². The normalized spacial score (nSPS) is 23.1. The Bertz CT molecular complexity index is 591. The first-order valence-corrected chi connectivity index (χ1v) is 7.08. The maximum absolute atomic E-state index is 12.6. The van der Waals surface area contributed by atoms with E-state index < -0.39 is 5.97 Å². The highest BCUT2D eigenvalue weighted by atomic mass is 16.4. The second-order valence-corrected chi connectivity index (χ2v) is 6.49. The number of hydrogen-bond donors (Lipinski definition) is 1. The molecule has 0 radical (unpaired) electrons. The molecule has 20 heavy (non-hydrogen) atoms. The number of aromatic carboxylic acids is 1. The summed E-state index contributed by atoms with van der Waals surface area (Å²) in [6.45, 7) is 4.98. The Labute approximate surface area is 118 Å². The zero-order valence-corrected chi connectivity index (χ0v) is 11.8. The van der Waals surface area contributed by atoms with Crippen LogP contribution in [-0.4, -0.2) is 23.5 Å². The molecule has 0 saturated heterocycles. The molecule has 1 heterocycles. The highest BCUT2D eigenvalue weighted by Crippen LogP contribution is 2.53. The minimum Gasteiger partial charge on any atom is -0.478 e. The van der Waals surface area contributed by atoms with Crippen molar-refractivity contribution in [2.75, 3.05) is 11.4 Å². The van der Waals surface area contributed by atoms with E-state index in [-0.39, 0.29) is 17.2 Å². The van der Waals surface area contributed by atoms with Crippen LogP contribution in [0.4, 0.5) is 5.69 Å². The van der Waals surface area contributed by atoms with Crippen LogP contribution < -0.4 is 4.90 Å². The van der Waals surface area contributed by atoms with Crippen molar-refractivity contribution in [3.05, 3.63) is 29.3 Å². The van der Waals surface area contributed by atoms with E-state index in [1.807, 2.05) is 4.90 Å². The lowest BCUT2D eigenvalue weighted by atomic mass is 9.98. The Hall–Kier alpha value is -1.84. The maximum Gasteiger partial charge on any atom is 0.335 e. The number of rotatable bonds is 2. The summed E-state index contributed by atoms with van der Waals surface area (Å²) < 4.78 is 0. The fraction of sp³-hybridized carbons (Fsp3) is 0.500. The summed E-state index contributed by atoms with van der Waals surface area (Å²) in [4.78, 5) is 25.4. The van der Waals surface area contributed by atoms with Gasteiger partial charge >= 0.3 is 5.97 Å². The van der Waals surface area contributed by atoms with Crippen LogP contribution in [0.5, 0.6) is 0 Å². The molecule has 4 nitrogen and oxygen atoms in total. The van der Waals surface area contributed by atoms with Gasteiger partial charge in [0.2, 0.25) is 5.91 Å². The van der Waals surface area contributed by atoms with Gasteiger partial charge in [0.05, 0.1) is 5.56 Å². The molecule has 1 aliphatic carbocycles. The van der Waals surface area contributed by atoms with E-state index in [1.54, 1.807) is 18.2 Å². The van der Waals surface area contributed by atoms with Crippen molar-refractivity contribution in [1.82, 2.24) is 0 Å². The van der Waals surface area contributed by atoms with Gasteiger partial charge in [0.1, 0.15) is 0 Å². The Balaban J connectivity index is 1.91. The summed E-state index contributed by atoms with van der Waals surface area (Å²) in [5.41, 5.74) is 2.29. The number of carboxylic acid groups (broad SMARTS) is 1. The minimum atomic E-state index is -0.917. The Morgan fingerprint density at radius 1 is 1.35 bits per heavy atom. The number of nitrogens with zero attached hydrogens (tertiary/aromatic N) is 1. The first-order valence-electron chi connectivity index (χ1n) is 7.08. The maximum atomic E-state index is 12.6. The van der Waals surface area contributed by atoms with E-state index >= 15 is 0 Å². The number of amides is 1. The van der Waals surface area contributed by atoms with E-state index in [0.717, 1.165) is 37.1 Å². The summed E-state index contributed by atoms with van der Waals surface area (Å²) in [7, 11) is 0. The third-order valence-electron chi connectivity index (χ3n) is 4.52. The quantitative estimate of drug-likeness (QED) is 0.901. The lowest BCUT2D eigenvalue weighted by Crippen LogP contribution is -2.37.